The largest absolute Gasteiger partial charge is 0.340 e. The van der Waals surface area contributed by atoms with Gasteiger partial charge in [0.25, 0.3) is 0 Å². The van der Waals surface area contributed by atoms with Gasteiger partial charge in [0.05, 0.1) is 6.04 Å². The lowest BCUT2D eigenvalue weighted by Crippen LogP contribution is -2.54. The summed E-state index contributed by atoms with van der Waals surface area (Å²) < 4.78 is 13.1. The lowest BCUT2D eigenvalue weighted by molar-refractivity contribution is -0.133. The molecule has 24 heavy (non-hydrogen) atoms. The fourth-order valence-corrected chi connectivity index (χ4v) is 2.62. The predicted octanol–water partition coefficient (Wildman–Crippen LogP) is 1.07. The molecule has 1 heterocycles. The fraction of sp³-hybridized carbons (Fsp3) is 0.500. The first kappa shape index (κ1) is 20.3. The standard InChI is InChI=1S/C16H23FN4O2.ClH/c1-12(16(23)19-14-4-2-3-13(17)11-14)20-7-9-21(10-8-20)15(22)5-6-18;/h2-4,11-12H,5-10,18H2,1H3,(H,19,23);1H. The topological polar surface area (TPSA) is 78.7 Å². The van der Waals surface area contributed by atoms with E-state index in [2.05, 4.69) is 5.32 Å². The number of piperazine rings is 1. The third kappa shape index (κ3) is 5.43. The van der Waals surface area contributed by atoms with Gasteiger partial charge in [-0.25, -0.2) is 4.39 Å². The molecule has 3 N–H and O–H groups in total. The van der Waals surface area contributed by atoms with E-state index in [9.17, 15) is 14.0 Å². The summed E-state index contributed by atoms with van der Waals surface area (Å²) in [6, 6.07) is 5.48. The zero-order valence-electron chi connectivity index (χ0n) is 13.7. The molecule has 0 bridgehead atoms. The molecule has 0 aliphatic carbocycles. The van der Waals surface area contributed by atoms with Crippen molar-refractivity contribution in [3.63, 3.8) is 0 Å². The zero-order valence-corrected chi connectivity index (χ0v) is 14.5. The highest BCUT2D eigenvalue weighted by atomic mass is 35.5. The van der Waals surface area contributed by atoms with Crippen LogP contribution in [0.1, 0.15) is 13.3 Å². The summed E-state index contributed by atoms with van der Waals surface area (Å²) in [4.78, 5) is 27.9. The van der Waals surface area contributed by atoms with Gasteiger partial charge in [0.15, 0.2) is 0 Å². The number of hydrogen-bond acceptors (Lipinski definition) is 4. The molecule has 1 atom stereocenters. The van der Waals surface area contributed by atoms with Crippen molar-refractivity contribution >= 4 is 29.9 Å². The van der Waals surface area contributed by atoms with Crippen LogP contribution in [0.15, 0.2) is 24.3 Å². The molecule has 1 aromatic rings. The van der Waals surface area contributed by atoms with Gasteiger partial charge in [0.2, 0.25) is 11.8 Å². The number of nitrogens with two attached hydrogens (primary N) is 1. The maximum Gasteiger partial charge on any atom is 0.241 e. The number of halogens is 2. The van der Waals surface area contributed by atoms with Crippen LogP contribution in [-0.2, 0) is 9.59 Å². The third-order valence-electron chi connectivity index (χ3n) is 4.04. The second-order valence-corrected chi connectivity index (χ2v) is 5.63. The van der Waals surface area contributed by atoms with E-state index in [0.717, 1.165) is 0 Å². The van der Waals surface area contributed by atoms with Crippen LogP contribution in [0.3, 0.4) is 0 Å². The van der Waals surface area contributed by atoms with Crippen molar-refractivity contribution in [3.05, 3.63) is 30.1 Å². The van der Waals surface area contributed by atoms with E-state index in [-0.39, 0.29) is 36.1 Å². The third-order valence-corrected chi connectivity index (χ3v) is 4.04. The van der Waals surface area contributed by atoms with E-state index in [4.69, 9.17) is 5.73 Å². The van der Waals surface area contributed by atoms with Crippen LogP contribution in [-0.4, -0.2) is 60.4 Å². The first-order chi connectivity index (χ1) is 11.0. The second-order valence-electron chi connectivity index (χ2n) is 5.63. The first-order valence-electron chi connectivity index (χ1n) is 7.79. The molecule has 1 aromatic carbocycles. The molecule has 2 amide bonds. The normalized spacial score (nSPS) is 16.2. The molecule has 1 aliphatic rings. The van der Waals surface area contributed by atoms with Crippen LogP contribution in [0.4, 0.5) is 10.1 Å². The molecular weight excluding hydrogens is 335 g/mol. The van der Waals surface area contributed by atoms with Crippen molar-refractivity contribution in [2.75, 3.05) is 38.0 Å². The molecule has 1 saturated heterocycles. The lowest BCUT2D eigenvalue weighted by Gasteiger charge is -2.37. The highest BCUT2D eigenvalue weighted by Crippen LogP contribution is 2.12. The average Bonchev–Trinajstić information content (AvgIpc) is 2.54. The molecule has 0 spiro atoms. The number of amides is 2. The monoisotopic (exact) mass is 358 g/mol. The van der Waals surface area contributed by atoms with Crippen LogP contribution < -0.4 is 11.1 Å². The summed E-state index contributed by atoms with van der Waals surface area (Å²) in [5.74, 6) is -0.510. The molecule has 1 unspecified atom stereocenters. The Bertz CT molecular complexity index is 565. The average molecular weight is 359 g/mol. The number of carbonyl (C=O) groups is 2. The molecule has 0 aromatic heterocycles. The summed E-state index contributed by atoms with van der Waals surface area (Å²) >= 11 is 0. The smallest absolute Gasteiger partial charge is 0.241 e. The number of carbonyl (C=O) groups excluding carboxylic acids is 2. The summed E-state index contributed by atoms with van der Waals surface area (Å²) in [7, 11) is 0. The highest BCUT2D eigenvalue weighted by molar-refractivity contribution is 5.94. The first-order valence-corrected chi connectivity index (χ1v) is 7.79. The Morgan fingerprint density at radius 2 is 1.96 bits per heavy atom. The molecular formula is C16H24ClFN4O2. The zero-order chi connectivity index (χ0) is 16.8. The molecule has 1 aliphatic heterocycles. The van der Waals surface area contributed by atoms with Crippen molar-refractivity contribution in [3.8, 4) is 0 Å². The van der Waals surface area contributed by atoms with E-state index in [0.29, 0.717) is 44.8 Å². The van der Waals surface area contributed by atoms with Crippen molar-refractivity contribution in [1.82, 2.24) is 9.80 Å². The van der Waals surface area contributed by atoms with Gasteiger partial charge in [-0.3, -0.25) is 14.5 Å². The van der Waals surface area contributed by atoms with Gasteiger partial charge in [-0.05, 0) is 25.1 Å². The molecule has 8 heteroatoms. The number of rotatable bonds is 5. The Morgan fingerprint density at radius 1 is 1.29 bits per heavy atom. The quantitative estimate of drug-likeness (QED) is 0.825. The van der Waals surface area contributed by atoms with E-state index in [1.165, 1.54) is 12.1 Å². The lowest BCUT2D eigenvalue weighted by atomic mass is 10.2. The van der Waals surface area contributed by atoms with Crippen LogP contribution in [0.2, 0.25) is 0 Å². The number of anilines is 1. The van der Waals surface area contributed by atoms with Crippen LogP contribution in [0, 0.1) is 5.82 Å². The van der Waals surface area contributed by atoms with E-state index >= 15 is 0 Å². The predicted molar refractivity (Wildman–Crippen MR) is 93.6 cm³/mol. The second kappa shape index (κ2) is 9.56. The van der Waals surface area contributed by atoms with Gasteiger partial charge >= 0.3 is 0 Å². The van der Waals surface area contributed by atoms with Crippen LogP contribution in [0.25, 0.3) is 0 Å². The fourth-order valence-electron chi connectivity index (χ4n) is 2.62. The minimum atomic E-state index is -0.387. The Labute approximate surface area is 147 Å². The van der Waals surface area contributed by atoms with Crippen molar-refractivity contribution in [2.45, 2.75) is 19.4 Å². The molecule has 6 nitrogen and oxygen atoms in total. The van der Waals surface area contributed by atoms with Crippen molar-refractivity contribution in [1.29, 1.82) is 0 Å². The van der Waals surface area contributed by atoms with Crippen molar-refractivity contribution in [2.24, 2.45) is 5.73 Å². The minimum Gasteiger partial charge on any atom is -0.340 e. The maximum atomic E-state index is 13.1. The van der Waals surface area contributed by atoms with Gasteiger partial charge < -0.3 is 16.0 Å². The Balaban J connectivity index is 0.00000288. The minimum absolute atomic E-state index is 0. The molecule has 2 rings (SSSR count). The Kier molecular flexibility index (Phi) is 8.10. The number of benzene rings is 1. The molecule has 0 radical (unpaired) electrons. The number of hydrogen-bond donors (Lipinski definition) is 2. The van der Waals surface area contributed by atoms with Crippen LogP contribution >= 0.6 is 12.4 Å². The summed E-state index contributed by atoms with van der Waals surface area (Å²) in [6.07, 6.45) is 0.357. The van der Waals surface area contributed by atoms with Gasteiger partial charge in [0.1, 0.15) is 5.82 Å². The van der Waals surface area contributed by atoms with Crippen LogP contribution in [0.5, 0.6) is 0 Å². The Hall–Kier alpha value is -1.70. The number of nitrogens with zero attached hydrogens (tertiary/aromatic N) is 2. The van der Waals surface area contributed by atoms with Gasteiger partial charge in [-0.15, -0.1) is 12.4 Å². The van der Waals surface area contributed by atoms with Crippen molar-refractivity contribution < 1.29 is 14.0 Å². The van der Waals surface area contributed by atoms with Gasteiger partial charge in [-0.1, -0.05) is 6.07 Å². The summed E-state index contributed by atoms with van der Waals surface area (Å²) in [6.45, 7) is 4.62. The molecule has 134 valence electrons. The Morgan fingerprint density at radius 3 is 2.54 bits per heavy atom. The summed E-state index contributed by atoms with van der Waals surface area (Å²) in [5, 5.41) is 2.72. The summed E-state index contributed by atoms with van der Waals surface area (Å²) in [5.41, 5.74) is 5.84. The highest BCUT2D eigenvalue weighted by Gasteiger charge is 2.27. The van der Waals surface area contributed by atoms with Gasteiger partial charge in [-0.2, -0.15) is 0 Å². The van der Waals surface area contributed by atoms with E-state index in [1.54, 1.807) is 17.0 Å². The van der Waals surface area contributed by atoms with E-state index in [1.807, 2.05) is 11.8 Å². The SMILES string of the molecule is CC(C(=O)Nc1cccc(F)c1)N1CCN(C(=O)CCN)CC1.Cl. The van der Waals surface area contributed by atoms with E-state index < -0.39 is 0 Å². The maximum absolute atomic E-state index is 13.1. The van der Waals surface area contributed by atoms with Gasteiger partial charge in [0, 0.05) is 44.8 Å². The number of nitrogens with one attached hydrogen (secondary N) is 1. The molecule has 0 saturated carbocycles. The molecule has 1 fully saturated rings.